The molecule has 3 rings (SSSR count). The predicted molar refractivity (Wildman–Crippen MR) is 92.9 cm³/mol. The van der Waals surface area contributed by atoms with E-state index in [2.05, 4.69) is 72.4 Å². The normalized spacial score (nSPS) is 37.8. The summed E-state index contributed by atoms with van der Waals surface area (Å²) in [6.45, 7) is 6.96. The average molecular weight is 305 g/mol. The van der Waals surface area contributed by atoms with Crippen molar-refractivity contribution < 1.29 is 0 Å². The van der Waals surface area contributed by atoms with Crippen LogP contribution < -0.4 is 5.32 Å². The molecule has 3 heteroatoms. The van der Waals surface area contributed by atoms with Gasteiger partial charge in [-0.2, -0.15) is 11.8 Å². The van der Waals surface area contributed by atoms with Crippen molar-refractivity contribution in [1.29, 1.82) is 0 Å². The third kappa shape index (κ3) is 3.01. The van der Waals surface area contributed by atoms with Gasteiger partial charge in [0.15, 0.2) is 0 Å². The van der Waals surface area contributed by atoms with E-state index in [1.807, 2.05) is 0 Å². The van der Waals surface area contributed by atoms with Gasteiger partial charge in [-0.05, 0) is 38.5 Å². The van der Waals surface area contributed by atoms with E-state index in [9.17, 15) is 0 Å². The quantitative estimate of drug-likeness (QED) is 0.920. The molecule has 2 nitrogen and oxygen atoms in total. The van der Waals surface area contributed by atoms with Crippen LogP contribution in [0.1, 0.15) is 38.7 Å². The third-order valence-corrected chi connectivity index (χ3v) is 6.57. The Bertz CT molecular complexity index is 464. The van der Waals surface area contributed by atoms with E-state index in [-0.39, 0.29) is 5.54 Å². The zero-order valence-corrected chi connectivity index (χ0v) is 14.3. The molecule has 1 heterocycles. The highest BCUT2D eigenvalue weighted by Gasteiger charge is 2.41. The first-order valence-electron chi connectivity index (χ1n) is 8.23. The first kappa shape index (κ1) is 15.4. The molecule has 0 bridgehead atoms. The largest absolute Gasteiger partial charge is 0.305 e. The number of rotatable bonds is 3. The van der Waals surface area contributed by atoms with E-state index < -0.39 is 0 Å². The molecule has 1 aromatic rings. The smallest absolute Gasteiger partial charge is 0.0535 e. The summed E-state index contributed by atoms with van der Waals surface area (Å²) >= 11 is 2.07. The maximum Gasteiger partial charge on any atom is 0.0535 e. The summed E-state index contributed by atoms with van der Waals surface area (Å²) in [5.41, 5.74) is 1.50. The van der Waals surface area contributed by atoms with Crippen LogP contribution in [0, 0.1) is 0 Å². The summed E-state index contributed by atoms with van der Waals surface area (Å²) in [6.07, 6.45) is 6.45. The molecule has 4 unspecified atom stereocenters. The standard InChI is InChI=1S/C18H28N2S/c1-14-12-19-18(2,15-8-5-4-6-9-15)13-20(14)16-10-7-11-17(16)21-3/h4-6,8-9,14,16-17,19H,7,10-13H2,1-3H3. The molecule has 0 spiro atoms. The number of nitrogens with zero attached hydrogens (tertiary/aromatic N) is 1. The van der Waals surface area contributed by atoms with Gasteiger partial charge in [-0.1, -0.05) is 36.8 Å². The second-order valence-corrected chi connectivity index (χ2v) is 7.95. The SMILES string of the molecule is CSC1CCCC1N1CC(C)(c2ccccc2)NCC1C. The summed E-state index contributed by atoms with van der Waals surface area (Å²) in [7, 11) is 0. The van der Waals surface area contributed by atoms with Gasteiger partial charge < -0.3 is 5.32 Å². The van der Waals surface area contributed by atoms with Crippen molar-refractivity contribution in [2.75, 3.05) is 19.3 Å². The first-order chi connectivity index (χ1) is 10.1. The molecular formula is C18H28N2S. The van der Waals surface area contributed by atoms with Crippen molar-refractivity contribution in [1.82, 2.24) is 10.2 Å². The second-order valence-electron chi connectivity index (χ2n) is 6.87. The highest BCUT2D eigenvalue weighted by atomic mass is 32.2. The summed E-state index contributed by atoms with van der Waals surface area (Å²) in [5, 5.41) is 4.62. The molecule has 2 fully saturated rings. The number of nitrogens with one attached hydrogen (secondary N) is 1. The van der Waals surface area contributed by atoms with Gasteiger partial charge in [0.05, 0.1) is 5.54 Å². The summed E-state index contributed by atoms with van der Waals surface area (Å²) in [6, 6.07) is 12.4. The Balaban J connectivity index is 1.81. The highest BCUT2D eigenvalue weighted by Crippen LogP contribution is 2.36. The zero-order chi connectivity index (χ0) is 14.9. The predicted octanol–water partition coefficient (Wildman–Crippen LogP) is 3.48. The monoisotopic (exact) mass is 304 g/mol. The van der Waals surface area contributed by atoms with E-state index >= 15 is 0 Å². The molecule has 116 valence electrons. The van der Waals surface area contributed by atoms with Crippen LogP contribution in [-0.2, 0) is 5.54 Å². The fourth-order valence-electron chi connectivity index (χ4n) is 4.07. The van der Waals surface area contributed by atoms with E-state index in [4.69, 9.17) is 0 Å². The Kier molecular flexibility index (Phi) is 4.63. The van der Waals surface area contributed by atoms with Crippen molar-refractivity contribution in [3.63, 3.8) is 0 Å². The van der Waals surface area contributed by atoms with Crippen LogP contribution in [0.25, 0.3) is 0 Å². The van der Waals surface area contributed by atoms with Gasteiger partial charge in [-0.3, -0.25) is 4.90 Å². The van der Waals surface area contributed by atoms with E-state index in [0.29, 0.717) is 6.04 Å². The van der Waals surface area contributed by atoms with Crippen molar-refractivity contribution in [3.8, 4) is 0 Å². The molecular weight excluding hydrogens is 276 g/mol. The lowest BCUT2D eigenvalue weighted by molar-refractivity contribution is 0.0582. The molecule has 4 atom stereocenters. The molecule has 2 aliphatic rings. The van der Waals surface area contributed by atoms with Gasteiger partial charge in [-0.15, -0.1) is 0 Å². The van der Waals surface area contributed by atoms with Gasteiger partial charge >= 0.3 is 0 Å². The van der Waals surface area contributed by atoms with Crippen molar-refractivity contribution >= 4 is 11.8 Å². The number of piperazine rings is 1. The minimum Gasteiger partial charge on any atom is -0.305 e. The lowest BCUT2D eigenvalue weighted by atomic mass is 9.87. The third-order valence-electron chi connectivity index (χ3n) is 5.41. The Morgan fingerprint density at radius 1 is 1.24 bits per heavy atom. The Hall–Kier alpha value is -0.510. The van der Waals surface area contributed by atoms with Crippen molar-refractivity contribution in [3.05, 3.63) is 35.9 Å². The topological polar surface area (TPSA) is 15.3 Å². The molecule has 21 heavy (non-hydrogen) atoms. The van der Waals surface area contributed by atoms with E-state index in [0.717, 1.165) is 24.4 Å². The molecule has 1 saturated carbocycles. The highest BCUT2D eigenvalue weighted by molar-refractivity contribution is 7.99. The molecule has 0 aromatic heterocycles. The van der Waals surface area contributed by atoms with Crippen LogP contribution in [-0.4, -0.2) is 41.6 Å². The Morgan fingerprint density at radius 2 is 2.00 bits per heavy atom. The van der Waals surface area contributed by atoms with Crippen LogP contribution in [0.3, 0.4) is 0 Å². The van der Waals surface area contributed by atoms with Crippen LogP contribution >= 0.6 is 11.8 Å². The molecule has 1 N–H and O–H groups in total. The van der Waals surface area contributed by atoms with Gasteiger partial charge in [0.25, 0.3) is 0 Å². The van der Waals surface area contributed by atoms with Crippen LogP contribution in [0.15, 0.2) is 30.3 Å². The number of hydrogen-bond acceptors (Lipinski definition) is 3. The van der Waals surface area contributed by atoms with Crippen LogP contribution in [0.4, 0.5) is 0 Å². The molecule has 0 radical (unpaired) electrons. The van der Waals surface area contributed by atoms with Gasteiger partial charge in [0, 0.05) is 30.4 Å². The van der Waals surface area contributed by atoms with Crippen LogP contribution in [0.2, 0.25) is 0 Å². The minimum absolute atomic E-state index is 0.0827. The summed E-state index contributed by atoms with van der Waals surface area (Å²) in [4.78, 5) is 2.79. The van der Waals surface area contributed by atoms with Crippen LogP contribution in [0.5, 0.6) is 0 Å². The lowest BCUT2D eigenvalue weighted by Gasteiger charge is -2.49. The first-order valence-corrected chi connectivity index (χ1v) is 9.52. The van der Waals surface area contributed by atoms with Gasteiger partial charge in [0.1, 0.15) is 0 Å². The molecule has 1 aromatic carbocycles. The van der Waals surface area contributed by atoms with Crippen molar-refractivity contribution in [2.45, 2.75) is 56.0 Å². The number of hydrogen-bond donors (Lipinski definition) is 1. The second kappa shape index (κ2) is 6.31. The van der Waals surface area contributed by atoms with Gasteiger partial charge in [-0.25, -0.2) is 0 Å². The molecule has 1 aliphatic carbocycles. The average Bonchev–Trinajstić information content (AvgIpc) is 2.99. The van der Waals surface area contributed by atoms with E-state index in [1.165, 1.54) is 24.8 Å². The fourth-order valence-corrected chi connectivity index (χ4v) is 5.08. The minimum atomic E-state index is 0.0827. The maximum absolute atomic E-state index is 3.80. The summed E-state index contributed by atoms with van der Waals surface area (Å²) in [5.74, 6) is 0. The Morgan fingerprint density at radius 3 is 2.71 bits per heavy atom. The molecule has 1 saturated heterocycles. The number of thioether (sulfide) groups is 1. The fraction of sp³-hybridized carbons (Fsp3) is 0.667. The van der Waals surface area contributed by atoms with Gasteiger partial charge in [0.2, 0.25) is 0 Å². The molecule has 0 amide bonds. The zero-order valence-electron chi connectivity index (χ0n) is 13.5. The van der Waals surface area contributed by atoms with Crippen molar-refractivity contribution in [2.24, 2.45) is 0 Å². The summed E-state index contributed by atoms with van der Waals surface area (Å²) < 4.78 is 0. The van der Waals surface area contributed by atoms with E-state index in [1.54, 1.807) is 0 Å². The molecule has 1 aliphatic heterocycles. The lowest BCUT2D eigenvalue weighted by Crippen LogP contribution is -2.63. The Labute approximate surface area is 133 Å². The maximum atomic E-state index is 3.80. The number of benzene rings is 1.